The van der Waals surface area contributed by atoms with Gasteiger partial charge in [-0.25, -0.2) is 13.4 Å². The number of nitrogens with zero attached hydrogens (tertiary/aromatic N) is 3. The zero-order chi connectivity index (χ0) is 15.5. The van der Waals surface area contributed by atoms with Crippen LogP contribution in [0.1, 0.15) is 13.3 Å². The number of nitrogens with one attached hydrogen (secondary N) is 2. The monoisotopic (exact) mass is 373 g/mol. The highest BCUT2D eigenvalue weighted by atomic mass is 79.9. The molecule has 0 aliphatic rings. The standard InChI is InChI=1S/C12H16BrN5O2S/c1-3-5-14-12-10(7-9(13)8-15-12)21(19,20)17-11-4-6-16-18(11)2/h4,6-8,17H,3,5H2,1-2H3,(H,14,15). The largest absolute Gasteiger partial charge is 0.369 e. The molecule has 2 aromatic heterocycles. The van der Waals surface area contributed by atoms with Crippen molar-refractivity contribution in [3.05, 3.63) is 29.0 Å². The fourth-order valence-corrected chi connectivity index (χ4v) is 3.40. The topological polar surface area (TPSA) is 88.9 Å². The third-order valence-electron chi connectivity index (χ3n) is 2.71. The van der Waals surface area contributed by atoms with Crippen molar-refractivity contribution in [2.45, 2.75) is 18.2 Å². The van der Waals surface area contributed by atoms with Crippen LogP contribution in [0, 0.1) is 0 Å². The Morgan fingerprint density at radius 2 is 2.19 bits per heavy atom. The summed E-state index contributed by atoms with van der Waals surface area (Å²) in [5.74, 6) is 0.714. The fraction of sp³-hybridized carbons (Fsp3) is 0.333. The van der Waals surface area contributed by atoms with Crippen LogP contribution >= 0.6 is 15.9 Å². The van der Waals surface area contributed by atoms with Crippen LogP contribution in [0.25, 0.3) is 0 Å². The van der Waals surface area contributed by atoms with Gasteiger partial charge in [0.1, 0.15) is 16.5 Å². The number of hydrogen-bond acceptors (Lipinski definition) is 5. The van der Waals surface area contributed by atoms with E-state index < -0.39 is 10.0 Å². The first-order valence-corrected chi connectivity index (χ1v) is 8.62. The average molecular weight is 374 g/mol. The van der Waals surface area contributed by atoms with Crippen LogP contribution in [-0.4, -0.2) is 29.7 Å². The molecule has 0 aliphatic carbocycles. The molecule has 21 heavy (non-hydrogen) atoms. The minimum absolute atomic E-state index is 0.0894. The molecule has 0 spiro atoms. The molecule has 7 nitrogen and oxygen atoms in total. The van der Waals surface area contributed by atoms with E-state index in [9.17, 15) is 8.42 Å². The Morgan fingerprint density at radius 1 is 1.43 bits per heavy atom. The number of hydrogen-bond donors (Lipinski definition) is 2. The van der Waals surface area contributed by atoms with Gasteiger partial charge in [0.2, 0.25) is 0 Å². The lowest BCUT2D eigenvalue weighted by molar-refractivity contribution is 0.600. The Labute approximate surface area is 132 Å². The van der Waals surface area contributed by atoms with Crippen molar-refractivity contribution in [1.82, 2.24) is 14.8 Å². The van der Waals surface area contributed by atoms with Crippen molar-refractivity contribution < 1.29 is 8.42 Å². The predicted octanol–water partition coefficient (Wildman–Crippen LogP) is 2.20. The maximum atomic E-state index is 12.5. The minimum Gasteiger partial charge on any atom is -0.369 e. The quantitative estimate of drug-likeness (QED) is 0.809. The molecule has 114 valence electrons. The number of aryl methyl sites for hydroxylation is 1. The van der Waals surface area contributed by atoms with Gasteiger partial charge in [-0.15, -0.1) is 0 Å². The lowest BCUT2D eigenvalue weighted by Gasteiger charge is -2.13. The molecular weight excluding hydrogens is 358 g/mol. The average Bonchev–Trinajstić information content (AvgIpc) is 2.82. The molecule has 0 atom stereocenters. The Hall–Kier alpha value is -1.61. The smallest absolute Gasteiger partial charge is 0.266 e. The van der Waals surface area contributed by atoms with Crippen molar-refractivity contribution in [3.8, 4) is 0 Å². The van der Waals surface area contributed by atoms with E-state index in [-0.39, 0.29) is 4.90 Å². The molecule has 2 N–H and O–H groups in total. The Balaban J connectivity index is 2.38. The van der Waals surface area contributed by atoms with E-state index in [0.717, 1.165) is 6.42 Å². The van der Waals surface area contributed by atoms with Crippen molar-refractivity contribution in [3.63, 3.8) is 0 Å². The summed E-state index contributed by atoms with van der Waals surface area (Å²) in [5.41, 5.74) is 0. The van der Waals surface area contributed by atoms with Gasteiger partial charge >= 0.3 is 0 Å². The molecule has 2 rings (SSSR count). The highest BCUT2D eigenvalue weighted by Gasteiger charge is 2.21. The zero-order valence-electron chi connectivity index (χ0n) is 11.7. The van der Waals surface area contributed by atoms with E-state index in [0.29, 0.717) is 22.7 Å². The van der Waals surface area contributed by atoms with Gasteiger partial charge in [-0.2, -0.15) is 5.10 Å². The first-order chi connectivity index (χ1) is 9.94. The van der Waals surface area contributed by atoms with Gasteiger partial charge in [-0.05, 0) is 28.4 Å². The van der Waals surface area contributed by atoms with Crippen LogP contribution in [0.3, 0.4) is 0 Å². The van der Waals surface area contributed by atoms with Crippen LogP contribution in [0.2, 0.25) is 0 Å². The van der Waals surface area contributed by atoms with E-state index >= 15 is 0 Å². The van der Waals surface area contributed by atoms with Crippen LogP contribution in [0.15, 0.2) is 33.9 Å². The third-order valence-corrected chi connectivity index (χ3v) is 4.51. The Bertz CT molecular complexity index is 729. The van der Waals surface area contributed by atoms with Gasteiger partial charge < -0.3 is 5.32 Å². The molecule has 0 saturated heterocycles. The van der Waals surface area contributed by atoms with Crippen molar-refractivity contribution in [1.29, 1.82) is 0 Å². The molecule has 0 saturated carbocycles. The summed E-state index contributed by atoms with van der Waals surface area (Å²) in [5, 5.41) is 6.95. The molecule has 0 aromatic carbocycles. The van der Waals surface area contributed by atoms with Crippen molar-refractivity contribution >= 4 is 37.6 Å². The second-order valence-electron chi connectivity index (χ2n) is 4.37. The summed E-state index contributed by atoms with van der Waals surface area (Å²) in [6, 6.07) is 3.10. The van der Waals surface area contributed by atoms with E-state index in [2.05, 4.69) is 36.1 Å². The normalized spacial score (nSPS) is 11.4. The lowest BCUT2D eigenvalue weighted by atomic mass is 10.4. The molecule has 2 heterocycles. The fourth-order valence-electron chi connectivity index (χ4n) is 1.67. The molecule has 0 radical (unpaired) electrons. The maximum Gasteiger partial charge on any atom is 0.266 e. The SMILES string of the molecule is CCCNc1ncc(Br)cc1S(=O)(=O)Nc1ccnn1C. The number of sulfonamides is 1. The number of aromatic nitrogens is 3. The Kier molecular flexibility index (Phi) is 4.84. The van der Waals surface area contributed by atoms with Gasteiger partial charge in [0, 0.05) is 30.3 Å². The first kappa shape index (κ1) is 15.8. The van der Waals surface area contributed by atoms with E-state index in [1.54, 1.807) is 19.3 Å². The molecule has 0 amide bonds. The number of pyridine rings is 1. The number of rotatable bonds is 6. The van der Waals surface area contributed by atoms with E-state index in [4.69, 9.17) is 0 Å². The summed E-state index contributed by atoms with van der Waals surface area (Å²) in [6.07, 6.45) is 3.95. The molecule has 0 bridgehead atoms. The number of anilines is 2. The van der Waals surface area contributed by atoms with E-state index in [1.807, 2.05) is 6.92 Å². The lowest BCUT2D eigenvalue weighted by Crippen LogP contribution is -2.18. The third kappa shape index (κ3) is 3.73. The highest BCUT2D eigenvalue weighted by molar-refractivity contribution is 9.10. The van der Waals surface area contributed by atoms with Gasteiger partial charge in [0.25, 0.3) is 10.0 Å². The number of halogens is 1. The summed E-state index contributed by atoms with van der Waals surface area (Å²) in [6.45, 7) is 2.64. The first-order valence-electron chi connectivity index (χ1n) is 6.34. The maximum absolute atomic E-state index is 12.5. The highest BCUT2D eigenvalue weighted by Crippen LogP contribution is 2.25. The van der Waals surface area contributed by atoms with Gasteiger partial charge in [-0.1, -0.05) is 6.92 Å². The second kappa shape index (κ2) is 6.44. The van der Waals surface area contributed by atoms with Gasteiger partial charge in [-0.3, -0.25) is 9.40 Å². The van der Waals surface area contributed by atoms with E-state index in [1.165, 1.54) is 16.9 Å². The summed E-state index contributed by atoms with van der Waals surface area (Å²) in [7, 11) is -2.10. The summed E-state index contributed by atoms with van der Waals surface area (Å²) >= 11 is 3.25. The van der Waals surface area contributed by atoms with Crippen LogP contribution in [0.4, 0.5) is 11.6 Å². The Morgan fingerprint density at radius 3 is 2.81 bits per heavy atom. The summed E-state index contributed by atoms with van der Waals surface area (Å²) in [4.78, 5) is 4.22. The minimum atomic E-state index is -3.76. The second-order valence-corrected chi connectivity index (χ2v) is 6.94. The van der Waals surface area contributed by atoms with Gasteiger partial charge in [0.15, 0.2) is 0 Å². The van der Waals surface area contributed by atoms with Crippen LogP contribution < -0.4 is 10.0 Å². The van der Waals surface area contributed by atoms with Crippen LogP contribution in [0.5, 0.6) is 0 Å². The molecule has 0 aliphatic heterocycles. The molecule has 0 fully saturated rings. The van der Waals surface area contributed by atoms with Crippen molar-refractivity contribution in [2.24, 2.45) is 7.05 Å². The molecule has 9 heteroatoms. The summed E-state index contributed by atoms with van der Waals surface area (Å²) < 4.78 is 29.6. The van der Waals surface area contributed by atoms with Gasteiger partial charge in [0.05, 0.1) is 6.20 Å². The molecule has 2 aromatic rings. The predicted molar refractivity (Wildman–Crippen MR) is 84.7 cm³/mol. The molecule has 0 unspecified atom stereocenters. The van der Waals surface area contributed by atoms with Crippen LogP contribution in [-0.2, 0) is 17.1 Å². The zero-order valence-corrected chi connectivity index (χ0v) is 14.1. The molecular formula is C12H16BrN5O2S. The van der Waals surface area contributed by atoms with Crippen molar-refractivity contribution in [2.75, 3.05) is 16.6 Å².